The Labute approximate surface area is 164 Å². The maximum Gasteiger partial charge on any atom is 0.243 e. The van der Waals surface area contributed by atoms with Crippen LogP contribution in [0.25, 0.3) is 0 Å². The third-order valence-electron chi connectivity index (χ3n) is 5.59. The Morgan fingerprint density at radius 2 is 2.00 bits per heavy atom. The van der Waals surface area contributed by atoms with Crippen molar-refractivity contribution in [2.75, 3.05) is 13.2 Å². The molecule has 0 saturated heterocycles. The average Bonchev–Trinajstić information content (AvgIpc) is 3.35. The van der Waals surface area contributed by atoms with E-state index in [-0.39, 0.29) is 5.92 Å². The van der Waals surface area contributed by atoms with Crippen molar-refractivity contribution < 1.29 is 13.2 Å². The van der Waals surface area contributed by atoms with Gasteiger partial charge in [0.05, 0.1) is 17.7 Å². The van der Waals surface area contributed by atoms with E-state index in [0.29, 0.717) is 24.6 Å². The molecule has 2 aromatic carbocycles. The third-order valence-corrected chi connectivity index (χ3v) is 7.40. The lowest BCUT2D eigenvalue weighted by molar-refractivity contribution is 0.356. The third kappa shape index (κ3) is 2.82. The minimum absolute atomic E-state index is 0.0359. The molecule has 0 amide bonds. The van der Waals surface area contributed by atoms with Crippen LogP contribution in [0.1, 0.15) is 28.2 Å². The van der Waals surface area contributed by atoms with Crippen LogP contribution in [0, 0.1) is 0 Å². The van der Waals surface area contributed by atoms with Crippen LogP contribution in [-0.2, 0) is 30.0 Å². The van der Waals surface area contributed by atoms with Crippen LogP contribution in [0.5, 0.6) is 5.75 Å². The second-order valence-corrected chi connectivity index (χ2v) is 9.30. The molecule has 7 heteroatoms. The van der Waals surface area contributed by atoms with E-state index >= 15 is 0 Å². The first kappa shape index (κ1) is 17.5. The number of sulfonamides is 1. The Balaban J connectivity index is 1.55. The highest BCUT2D eigenvalue weighted by molar-refractivity contribution is 7.89. The molecular weight excluding hydrogens is 374 g/mol. The van der Waals surface area contributed by atoms with E-state index in [1.54, 1.807) is 27.2 Å². The van der Waals surface area contributed by atoms with Gasteiger partial charge in [0.2, 0.25) is 10.0 Å². The number of aromatic nitrogens is 2. The van der Waals surface area contributed by atoms with Crippen molar-refractivity contribution in [3.63, 3.8) is 0 Å². The van der Waals surface area contributed by atoms with E-state index in [2.05, 4.69) is 11.2 Å². The number of benzene rings is 2. The summed E-state index contributed by atoms with van der Waals surface area (Å²) in [5.41, 5.74) is 4.19. The number of aryl methyl sites for hydroxylation is 1. The summed E-state index contributed by atoms with van der Waals surface area (Å²) >= 11 is 0. The van der Waals surface area contributed by atoms with E-state index in [4.69, 9.17) is 4.74 Å². The highest BCUT2D eigenvalue weighted by Gasteiger charge is 2.35. The number of nitrogens with zero attached hydrogens (tertiary/aromatic N) is 3. The first-order valence-corrected chi connectivity index (χ1v) is 10.8. The van der Waals surface area contributed by atoms with E-state index in [9.17, 15) is 8.42 Å². The normalized spacial score (nSPS) is 19.1. The zero-order chi connectivity index (χ0) is 19.3. The number of hydrogen-bond acceptors (Lipinski definition) is 4. The molecule has 0 aliphatic carbocycles. The Morgan fingerprint density at radius 1 is 1.14 bits per heavy atom. The van der Waals surface area contributed by atoms with Gasteiger partial charge in [-0.3, -0.25) is 4.68 Å². The molecule has 144 valence electrons. The molecule has 2 aliphatic rings. The van der Waals surface area contributed by atoms with E-state index in [0.717, 1.165) is 28.9 Å². The molecule has 0 N–H and O–H groups in total. The van der Waals surface area contributed by atoms with Crippen molar-refractivity contribution >= 4 is 10.0 Å². The number of rotatable bonds is 3. The summed E-state index contributed by atoms with van der Waals surface area (Å²) in [6.07, 6.45) is 4.54. The molecule has 0 fully saturated rings. The van der Waals surface area contributed by atoms with Gasteiger partial charge in [0.25, 0.3) is 0 Å². The number of hydrogen-bond donors (Lipinski definition) is 0. The molecule has 3 aromatic rings. The van der Waals surface area contributed by atoms with E-state index in [1.165, 1.54) is 5.56 Å². The van der Waals surface area contributed by atoms with Gasteiger partial charge in [-0.1, -0.05) is 24.3 Å². The van der Waals surface area contributed by atoms with Crippen molar-refractivity contribution in [2.24, 2.45) is 7.05 Å². The van der Waals surface area contributed by atoms with Crippen LogP contribution in [0.4, 0.5) is 0 Å². The lowest BCUT2D eigenvalue weighted by Crippen LogP contribution is -2.38. The lowest BCUT2D eigenvalue weighted by atomic mass is 9.87. The number of fused-ring (bicyclic) bond motifs is 2. The standard InChI is InChI=1S/C21H21N3O3S/c1-23-12-17(11-22-23)20-14-24(13-16-4-2-3-5-19(16)20)28(25,26)18-6-7-21-15(10-18)8-9-27-21/h2-7,10-12,20H,8-9,13-14H2,1H3/t20-/m1/s1. The minimum Gasteiger partial charge on any atom is -0.493 e. The van der Waals surface area contributed by atoms with Crippen molar-refractivity contribution in [3.8, 4) is 5.75 Å². The van der Waals surface area contributed by atoms with Gasteiger partial charge >= 0.3 is 0 Å². The fourth-order valence-electron chi connectivity index (χ4n) is 4.14. The maximum absolute atomic E-state index is 13.4. The van der Waals surface area contributed by atoms with Gasteiger partial charge in [-0.05, 0) is 40.5 Å². The zero-order valence-electron chi connectivity index (χ0n) is 15.6. The molecule has 0 spiro atoms. The van der Waals surface area contributed by atoms with Crippen molar-refractivity contribution in [1.29, 1.82) is 0 Å². The molecule has 0 unspecified atom stereocenters. The van der Waals surface area contributed by atoms with Crippen LogP contribution in [-0.4, -0.2) is 35.7 Å². The molecule has 3 heterocycles. The first-order chi connectivity index (χ1) is 13.5. The van der Waals surface area contributed by atoms with Crippen LogP contribution in [0.15, 0.2) is 59.8 Å². The first-order valence-electron chi connectivity index (χ1n) is 9.34. The fraction of sp³-hybridized carbons (Fsp3) is 0.286. The predicted octanol–water partition coefficient (Wildman–Crippen LogP) is 2.69. The topological polar surface area (TPSA) is 64.4 Å². The predicted molar refractivity (Wildman–Crippen MR) is 105 cm³/mol. The lowest BCUT2D eigenvalue weighted by Gasteiger charge is -2.33. The molecule has 2 aliphatic heterocycles. The number of ether oxygens (including phenoxy) is 1. The van der Waals surface area contributed by atoms with Crippen LogP contribution < -0.4 is 4.74 Å². The van der Waals surface area contributed by atoms with Gasteiger partial charge in [-0.25, -0.2) is 8.42 Å². The van der Waals surface area contributed by atoms with Gasteiger partial charge in [0.1, 0.15) is 5.75 Å². The average molecular weight is 395 g/mol. The largest absolute Gasteiger partial charge is 0.493 e. The summed E-state index contributed by atoms with van der Waals surface area (Å²) in [5, 5.41) is 4.28. The molecule has 0 radical (unpaired) electrons. The Hall–Kier alpha value is -2.64. The molecule has 0 bridgehead atoms. The van der Waals surface area contributed by atoms with Crippen molar-refractivity contribution in [1.82, 2.24) is 14.1 Å². The zero-order valence-corrected chi connectivity index (χ0v) is 16.4. The minimum atomic E-state index is -3.61. The maximum atomic E-state index is 13.4. The fourth-order valence-corrected chi connectivity index (χ4v) is 5.62. The highest BCUT2D eigenvalue weighted by atomic mass is 32.2. The van der Waals surface area contributed by atoms with Crippen molar-refractivity contribution in [3.05, 3.63) is 77.1 Å². The molecule has 0 saturated carbocycles. The van der Waals surface area contributed by atoms with Crippen molar-refractivity contribution in [2.45, 2.75) is 23.8 Å². The molecule has 6 nitrogen and oxygen atoms in total. The summed E-state index contributed by atoms with van der Waals surface area (Å²) in [7, 11) is -1.74. The summed E-state index contributed by atoms with van der Waals surface area (Å²) < 4.78 is 35.7. The molecule has 5 rings (SSSR count). The Morgan fingerprint density at radius 3 is 2.82 bits per heavy atom. The van der Waals surface area contributed by atoms with Crippen LogP contribution >= 0.6 is 0 Å². The highest BCUT2D eigenvalue weighted by Crippen LogP contribution is 2.36. The SMILES string of the molecule is Cn1cc([C@H]2CN(S(=O)(=O)c3ccc4c(c3)CCO4)Cc3ccccc32)cn1. The summed E-state index contributed by atoms with van der Waals surface area (Å²) in [6.45, 7) is 1.39. The smallest absolute Gasteiger partial charge is 0.243 e. The van der Waals surface area contributed by atoms with Gasteiger partial charge in [0.15, 0.2) is 0 Å². The summed E-state index contributed by atoms with van der Waals surface area (Å²) in [5.74, 6) is 0.752. The Kier molecular flexibility index (Phi) is 4.03. The van der Waals surface area contributed by atoms with E-state index in [1.807, 2.05) is 37.6 Å². The van der Waals surface area contributed by atoms with Gasteiger partial charge in [-0.15, -0.1) is 0 Å². The quantitative estimate of drug-likeness (QED) is 0.684. The summed E-state index contributed by atoms with van der Waals surface area (Å²) in [6, 6.07) is 13.2. The molecule has 28 heavy (non-hydrogen) atoms. The molecule has 1 aromatic heterocycles. The van der Waals surface area contributed by atoms with Crippen LogP contribution in [0.3, 0.4) is 0 Å². The van der Waals surface area contributed by atoms with Crippen LogP contribution in [0.2, 0.25) is 0 Å². The second-order valence-electron chi connectivity index (χ2n) is 7.36. The Bertz CT molecular complexity index is 1150. The molecular formula is C21H21N3O3S. The molecule has 1 atom stereocenters. The monoisotopic (exact) mass is 395 g/mol. The van der Waals surface area contributed by atoms with Gasteiger partial charge in [0, 0.05) is 38.7 Å². The van der Waals surface area contributed by atoms with Gasteiger partial charge < -0.3 is 4.74 Å². The second kappa shape index (κ2) is 6.46. The summed E-state index contributed by atoms with van der Waals surface area (Å²) in [4.78, 5) is 0.334. The van der Waals surface area contributed by atoms with E-state index < -0.39 is 10.0 Å². The van der Waals surface area contributed by atoms with Gasteiger partial charge in [-0.2, -0.15) is 9.40 Å².